The maximum atomic E-state index is 5.91. The minimum Gasteiger partial charge on any atom is -0.399 e. The van der Waals surface area contributed by atoms with Crippen LogP contribution in [0.25, 0.3) is 15.5 Å². The zero-order chi connectivity index (χ0) is 14.4. The summed E-state index contributed by atoms with van der Waals surface area (Å²) in [6, 6.07) is 5.84. The Labute approximate surface area is 134 Å². The lowest BCUT2D eigenvalue weighted by Gasteiger charge is -2.03. The molecule has 2 aromatic heterocycles. The summed E-state index contributed by atoms with van der Waals surface area (Å²) in [7, 11) is 0. The Morgan fingerprint density at radius 2 is 2.00 bits per heavy atom. The second-order valence-corrected chi connectivity index (χ2v) is 7.29. The first-order chi connectivity index (χ1) is 10.2. The van der Waals surface area contributed by atoms with Crippen molar-refractivity contribution in [1.29, 1.82) is 0 Å². The first-order valence-corrected chi connectivity index (χ1v) is 8.60. The Balaban J connectivity index is 1.80. The van der Waals surface area contributed by atoms with Crippen molar-refractivity contribution in [2.45, 2.75) is 31.6 Å². The van der Waals surface area contributed by atoms with Crippen LogP contribution in [0.4, 0.5) is 5.69 Å². The summed E-state index contributed by atoms with van der Waals surface area (Å²) in [6.07, 6.45) is 4.94. The first-order valence-electron chi connectivity index (χ1n) is 6.99. The van der Waals surface area contributed by atoms with E-state index in [0.717, 1.165) is 31.5 Å². The fraction of sp³-hybridized carbons (Fsp3) is 0.357. The number of hydrogen-bond acceptors (Lipinski definition) is 5. The molecular formula is C14H14BrN5S. The van der Waals surface area contributed by atoms with Gasteiger partial charge in [-0.2, -0.15) is 9.61 Å². The van der Waals surface area contributed by atoms with E-state index in [1.807, 2.05) is 22.7 Å². The van der Waals surface area contributed by atoms with Crippen LogP contribution in [0.15, 0.2) is 22.7 Å². The molecule has 2 heterocycles. The third-order valence-electron chi connectivity index (χ3n) is 3.90. The van der Waals surface area contributed by atoms with Crippen molar-refractivity contribution < 1.29 is 0 Å². The van der Waals surface area contributed by atoms with Gasteiger partial charge in [-0.25, -0.2) is 0 Å². The SMILES string of the molecule is Nc1cc(Br)cc(-c2nn3c(C4CCCC4)nnc3s2)c1. The molecule has 1 aliphatic carbocycles. The lowest BCUT2D eigenvalue weighted by Crippen LogP contribution is -2.01. The van der Waals surface area contributed by atoms with Crippen LogP contribution in [0, 0.1) is 0 Å². The third-order valence-corrected chi connectivity index (χ3v) is 5.31. The quantitative estimate of drug-likeness (QED) is 0.701. The van der Waals surface area contributed by atoms with Crippen LogP contribution in [0.2, 0.25) is 0 Å². The monoisotopic (exact) mass is 363 g/mol. The molecule has 0 saturated heterocycles. The molecule has 1 aromatic carbocycles. The summed E-state index contributed by atoms with van der Waals surface area (Å²) >= 11 is 5.02. The Hall–Kier alpha value is -1.47. The van der Waals surface area contributed by atoms with E-state index in [0.29, 0.717) is 5.92 Å². The highest BCUT2D eigenvalue weighted by molar-refractivity contribution is 9.10. The van der Waals surface area contributed by atoms with Gasteiger partial charge in [0, 0.05) is 21.6 Å². The van der Waals surface area contributed by atoms with Crippen LogP contribution in [0.1, 0.15) is 37.4 Å². The zero-order valence-corrected chi connectivity index (χ0v) is 13.7. The second-order valence-electron chi connectivity index (χ2n) is 5.41. The molecule has 0 unspecified atom stereocenters. The number of anilines is 1. The number of benzene rings is 1. The third kappa shape index (κ3) is 2.34. The van der Waals surface area contributed by atoms with E-state index in [2.05, 4.69) is 26.1 Å². The average molecular weight is 364 g/mol. The molecule has 0 radical (unpaired) electrons. The highest BCUT2D eigenvalue weighted by Gasteiger charge is 2.24. The van der Waals surface area contributed by atoms with Crippen LogP contribution < -0.4 is 5.73 Å². The minimum atomic E-state index is 0.502. The molecule has 108 valence electrons. The molecule has 0 bridgehead atoms. The Morgan fingerprint density at radius 3 is 2.76 bits per heavy atom. The topological polar surface area (TPSA) is 69.1 Å². The summed E-state index contributed by atoms with van der Waals surface area (Å²) in [4.78, 5) is 0.852. The molecule has 21 heavy (non-hydrogen) atoms. The molecule has 0 spiro atoms. The van der Waals surface area contributed by atoms with E-state index in [9.17, 15) is 0 Å². The highest BCUT2D eigenvalue weighted by atomic mass is 79.9. The lowest BCUT2D eigenvalue weighted by atomic mass is 10.1. The smallest absolute Gasteiger partial charge is 0.234 e. The fourth-order valence-electron chi connectivity index (χ4n) is 2.92. The fourth-order valence-corrected chi connectivity index (χ4v) is 4.27. The van der Waals surface area contributed by atoms with E-state index in [-0.39, 0.29) is 0 Å². The van der Waals surface area contributed by atoms with Crippen molar-refractivity contribution in [2.75, 3.05) is 5.73 Å². The van der Waals surface area contributed by atoms with Crippen LogP contribution in [-0.2, 0) is 0 Å². The van der Waals surface area contributed by atoms with Crippen molar-refractivity contribution >= 4 is 37.9 Å². The summed E-state index contributed by atoms with van der Waals surface area (Å²) in [5.74, 6) is 1.51. The normalized spacial score (nSPS) is 16.0. The van der Waals surface area contributed by atoms with Crippen molar-refractivity contribution in [3.05, 3.63) is 28.5 Å². The highest BCUT2D eigenvalue weighted by Crippen LogP contribution is 2.35. The molecule has 1 saturated carbocycles. The average Bonchev–Trinajstić information content (AvgIpc) is 3.13. The van der Waals surface area contributed by atoms with Gasteiger partial charge >= 0.3 is 0 Å². The number of hydrogen-bond donors (Lipinski definition) is 1. The van der Waals surface area contributed by atoms with Gasteiger partial charge in [0.05, 0.1) is 0 Å². The molecule has 4 rings (SSSR count). The number of nitrogen functional groups attached to an aromatic ring is 1. The van der Waals surface area contributed by atoms with Gasteiger partial charge in [-0.15, -0.1) is 10.2 Å². The van der Waals surface area contributed by atoms with E-state index in [4.69, 9.17) is 10.8 Å². The van der Waals surface area contributed by atoms with Gasteiger partial charge in [-0.05, 0) is 31.0 Å². The van der Waals surface area contributed by atoms with Gasteiger partial charge in [0.25, 0.3) is 0 Å². The summed E-state index contributed by atoms with van der Waals surface area (Å²) < 4.78 is 2.87. The molecule has 7 heteroatoms. The van der Waals surface area contributed by atoms with Crippen LogP contribution >= 0.6 is 27.3 Å². The summed E-state index contributed by atoms with van der Waals surface area (Å²) in [5, 5.41) is 14.2. The van der Waals surface area contributed by atoms with Crippen LogP contribution in [-0.4, -0.2) is 19.8 Å². The van der Waals surface area contributed by atoms with Gasteiger partial charge in [-0.1, -0.05) is 40.1 Å². The second kappa shape index (κ2) is 5.06. The predicted octanol–water partition coefficient (Wildman–Crippen LogP) is 3.86. The molecule has 3 aromatic rings. The van der Waals surface area contributed by atoms with Crippen molar-refractivity contribution in [3.8, 4) is 10.6 Å². The Bertz CT molecular complexity index is 783. The molecule has 2 N–H and O–H groups in total. The molecule has 0 aliphatic heterocycles. The van der Waals surface area contributed by atoms with Crippen molar-refractivity contribution in [2.24, 2.45) is 0 Å². The van der Waals surface area contributed by atoms with E-state index >= 15 is 0 Å². The summed E-state index contributed by atoms with van der Waals surface area (Å²) in [5.41, 5.74) is 7.64. The summed E-state index contributed by atoms with van der Waals surface area (Å²) in [6.45, 7) is 0. The molecular weight excluding hydrogens is 350 g/mol. The molecule has 1 fully saturated rings. The molecule has 0 amide bonds. The lowest BCUT2D eigenvalue weighted by molar-refractivity contribution is 0.641. The number of nitrogens with two attached hydrogens (primary N) is 1. The van der Waals surface area contributed by atoms with E-state index < -0.39 is 0 Å². The van der Waals surface area contributed by atoms with Gasteiger partial charge in [0.15, 0.2) is 5.82 Å². The van der Waals surface area contributed by atoms with Crippen molar-refractivity contribution in [1.82, 2.24) is 19.8 Å². The number of halogens is 1. The Kier molecular flexibility index (Phi) is 3.19. The maximum Gasteiger partial charge on any atom is 0.234 e. The van der Waals surface area contributed by atoms with E-state index in [1.54, 1.807) is 11.3 Å². The Morgan fingerprint density at radius 1 is 1.19 bits per heavy atom. The maximum absolute atomic E-state index is 5.91. The largest absolute Gasteiger partial charge is 0.399 e. The van der Waals surface area contributed by atoms with Gasteiger partial charge in [-0.3, -0.25) is 0 Å². The first kappa shape index (κ1) is 13.2. The van der Waals surface area contributed by atoms with Crippen LogP contribution in [0.3, 0.4) is 0 Å². The van der Waals surface area contributed by atoms with Crippen molar-refractivity contribution in [3.63, 3.8) is 0 Å². The number of fused-ring (bicyclic) bond motifs is 1. The van der Waals surface area contributed by atoms with E-state index in [1.165, 1.54) is 25.7 Å². The minimum absolute atomic E-state index is 0.502. The number of aromatic nitrogens is 4. The zero-order valence-electron chi connectivity index (χ0n) is 11.3. The molecule has 0 atom stereocenters. The van der Waals surface area contributed by atoms with Gasteiger partial charge in [0.1, 0.15) is 5.01 Å². The molecule has 5 nitrogen and oxygen atoms in total. The van der Waals surface area contributed by atoms with Crippen LogP contribution in [0.5, 0.6) is 0 Å². The standard InChI is InChI=1S/C14H14BrN5S/c15-10-5-9(6-11(16)7-10)13-19-20-12(8-3-1-2-4-8)17-18-14(20)21-13/h5-8H,1-4,16H2. The predicted molar refractivity (Wildman–Crippen MR) is 87.4 cm³/mol. The number of rotatable bonds is 2. The van der Waals surface area contributed by atoms with Gasteiger partial charge < -0.3 is 5.73 Å². The molecule has 1 aliphatic rings. The van der Waals surface area contributed by atoms with Gasteiger partial charge in [0.2, 0.25) is 4.96 Å². The number of nitrogens with zero attached hydrogens (tertiary/aromatic N) is 4.